The predicted molar refractivity (Wildman–Crippen MR) is 195 cm³/mol. The van der Waals surface area contributed by atoms with Crippen molar-refractivity contribution in [3.8, 4) is 5.75 Å². The van der Waals surface area contributed by atoms with Gasteiger partial charge in [-0.1, -0.05) is 96.5 Å². The van der Waals surface area contributed by atoms with Gasteiger partial charge in [0.05, 0.1) is 11.6 Å². The van der Waals surface area contributed by atoms with Crippen LogP contribution in [0.25, 0.3) is 10.9 Å². The number of carbonyl (C=O) groups is 1. The molecule has 0 aliphatic heterocycles. The SMILES string of the molecule is O=C(O)c1ccc(CCCc2c(CCNS(=O)(=O)c3ccccc3OC(F)(F)F)n(C(c3ccccc3)c3ccccc3)c3ccc(Cl)cc23)cc1. The number of fused-ring (bicyclic) bond motifs is 1. The molecule has 0 bridgehead atoms. The second kappa shape index (κ2) is 15.6. The molecule has 0 aliphatic carbocycles. The topological polar surface area (TPSA) is 97.6 Å². The minimum atomic E-state index is -5.08. The summed E-state index contributed by atoms with van der Waals surface area (Å²) >= 11 is 6.59. The third-order valence-corrected chi connectivity index (χ3v) is 10.5. The number of para-hydroxylation sites is 1. The lowest BCUT2D eigenvalue weighted by Crippen LogP contribution is -2.28. The number of aromatic carboxylic acids is 1. The number of hydrogen-bond acceptors (Lipinski definition) is 4. The van der Waals surface area contributed by atoms with E-state index in [1.165, 1.54) is 12.1 Å². The van der Waals surface area contributed by atoms with Crippen LogP contribution in [0.4, 0.5) is 13.2 Å². The first kappa shape index (κ1) is 36.7. The third kappa shape index (κ3) is 8.50. The van der Waals surface area contributed by atoms with Crippen LogP contribution in [0.15, 0.2) is 132 Å². The third-order valence-electron chi connectivity index (χ3n) is 8.78. The van der Waals surface area contributed by atoms with Crippen LogP contribution in [-0.4, -0.2) is 37.0 Å². The van der Waals surface area contributed by atoms with E-state index in [0.717, 1.165) is 51.0 Å². The molecule has 2 N–H and O–H groups in total. The molecule has 0 amide bonds. The molecule has 1 aromatic heterocycles. The lowest BCUT2D eigenvalue weighted by atomic mass is 9.97. The fraction of sp³-hybridized carbons (Fsp3) is 0.175. The van der Waals surface area contributed by atoms with E-state index in [0.29, 0.717) is 24.3 Å². The van der Waals surface area contributed by atoms with Gasteiger partial charge in [0.2, 0.25) is 10.0 Å². The molecular weight excluding hydrogens is 713 g/mol. The fourth-order valence-electron chi connectivity index (χ4n) is 6.56. The molecule has 0 radical (unpaired) electrons. The number of carboxylic acid groups (broad SMARTS) is 1. The number of rotatable bonds is 14. The molecule has 0 saturated heterocycles. The van der Waals surface area contributed by atoms with Crippen molar-refractivity contribution < 1.29 is 36.2 Å². The molecule has 12 heteroatoms. The van der Waals surface area contributed by atoms with Crippen molar-refractivity contribution in [1.29, 1.82) is 0 Å². The van der Waals surface area contributed by atoms with Crippen molar-refractivity contribution in [2.24, 2.45) is 0 Å². The number of hydrogen-bond donors (Lipinski definition) is 2. The average Bonchev–Trinajstić information content (AvgIpc) is 3.40. The van der Waals surface area contributed by atoms with Gasteiger partial charge in [0.15, 0.2) is 0 Å². The Morgan fingerprint density at radius 3 is 2.04 bits per heavy atom. The monoisotopic (exact) mass is 746 g/mol. The number of nitrogens with one attached hydrogen (secondary N) is 1. The Morgan fingerprint density at radius 2 is 1.42 bits per heavy atom. The molecule has 0 unspecified atom stereocenters. The van der Waals surface area contributed by atoms with Gasteiger partial charge in [-0.3, -0.25) is 0 Å². The minimum Gasteiger partial charge on any atom is -0.478 e. The van der Waals surface area contributed by atoms with Crippen LogP contribution in [0, 0.1) is 0 Å². The summed E-state index contributed by atoms with van der Waals surface area (Å²) in [7, 11) is -4.43. The Kier molecular flexibility index (Phi) is 11.0. The first-order valence-corrected chi connectivity index (χ1v) is 18.3. The maximum absolute atomic E-state index is 13.5. The molecule has 6 aromatic rings. The summed E-state index contributed by atoms with van der Waals surface area (Å²) in [6.45, 7) is -0.132. The summed E-state index contributed by atoms with van der Waals surface area (Å²) < 4.78 is 75.1. The summed E-state index contributed by atoms with van der Waals surface area (Å²) in [4.78, 5) is 10.7. The zero-order valence-corrected chi connectivity index (χ0v) is 29.3. The Labute approximate surface area is 304 Å². The molecule has 0 saturated carbocycles. The number of benzene rings is 5. The van der Waals surface area contributed by atoms with Crippen molar-refractivity contribution >= 4 is 38.5 Å². The number of aryl methyl sites for hydroxylation is 2. The summed E-state index contributed by atoms with van der Waals surface area (Å²) in [6, 6.07) is 36.5. The Hall–Kier alpha value is -5.10. The van der Waals surface area contributed by atoms with Gasteiger partial charge in [-0.15, -0.1) is 13.2 Å². The molecule has 6 rings (SSSR count). The van der Waals surface area contributed by atoms with Crippen LogP contribution < -0.4 is 9.46 Å². The minimum absolute atomic E-state index is 0.132. The molecule has 268 valence electrons. The van der Waals surface area contributed by atoms with Crippen molar-refractivity contribution in [3.63, 3.8) is 0 Å². The Bertz CT molecular complexity index is 2240. The second-order valence-electron chi connectivity index (χ2n) is 12.2. The highest BCUT2D eigenvalue weighted by Crippen LogP contribution is 2.38. The van der Waals surface area contributed by atoms with E-state index in [9.17, 15) is 31.5 Å². The summed E-state index contributed by atoms with van der Waals surface area (Å²) in [5, 5.41) is 10.7. The molecular formula is C40H34ClF3N2O5S. The van der Waals surface area contributed by atoms with E-state index < -0.39 is 33.0 Å². The molecule has 0 fully saturated rings. The predicted octanol–water partition coefficient (Wildman–Crippen LogP) is 9.23. The van der Waals surface area contributed by atoms with Crippen LogP contribution in [0.1, 0.15) is 50.8 Å². The molecule has 52 heavy (non-hydrogen) atoms. The quantitative estimate of drug-likeness (QED) is 0.116. The van der Waals surface area contributed by atoms with E-state index in [-0.39, 0.29) is 24.6 Å². The molecule has 0 atom stereocenters. The van der Waals surface area contributed by atoms with Gasteiger partial charge < -0.3 is 14.4 Å². The molecule has 5 aromatic carbocycles. The van der Waals surface area contributed by atoms with Crippen LogP contribution in [-0.2, 0) is 29.3 Å². The average molecular weight is 747 g/mol. The largest absolute Gasteiger partial charge is 0.573 e. The fourth-order valence-corrected chi connectivity index (χ4v) is 7.89. The second-order valence-corrected chi connectivity index (χ2v) is 14.4. The number of sulfonamides is 1. The molecule has 7 nitrogen and oxygen atoms in total. The standard InChI is InChI=1S/C40H34ClF3N2O5S/c41-31-22-23-34-33(26-31)32(15-9-10-27-18-20-30(21-19-27)39(47)48)35(46(34)38(28-11-3-1-4-12-28)29-13-5-2-6-14-29)24-25-45-52(49,50)37-17-8-7-16-36(37)51-40(42,43)44/h1-8,11-14,16-23,26,38,45H,9-10,15,24-25H2,(H,47,48). The van der Waals surface area contributed by atoms with Crippen LogP contribution in [0.3, 0.4) is 0 Å². The number of carboxylic acids is 1. The highest BCUT2D eigenvalue weighted by molar-refractivity contribution is 7.89. The van der Waals surface area contributed by atoms with Crippen molar-refractivity contribution in [2.75, 3.05) is 6.54 Å². The van der Waals surface area contributed by atoms with Crippen LogP contribution in [0.2, 0.25) is 5.02 Å². The van der Waals surface area contributed by atoms with E-state index in [2.05, 4.69) is 14.0 Å². The first-order chi connectivity index (χ1) is 24.9. The van der Waals surface area contributed by atoms with E-state index in [1.807, 2.05) is 78.9 Å². The van der Waals surface area contributed by atoms with Crippen LogP contribution in [0.5, 0.6) is 5.75 Å². The molecule has 1 heterocycles. The molecule has 0 spiro atoms. The van der Waals surface area contributed by atoms with Crippen LogP contribution >= 0.6 is 11.6 Å². The number of halogens is 4. The zero-order valence-electron chi connectivity index (χ0n) is 27.7. The zero-order chi connectivity index (χ0) is 36.9. The van der Waals surface area contributed by atoms with Gasteiger partial charge in [0.1, 0.15) is 10.6 Å². The van der Waals surface area contributed by atoms with Gasteiger partial charge in [0.25, 0.3) is 0 Å². The van der Waals surface area contributed by atoms with Gasteiger partial charge >= 0.3 is 12.3 Å². The summed E-state index contributed by atoms with van der Waals surface area (Å²) in [6.07, 6.45) is -2.99. The molecule has 0 aliphatic rings. The lowest BCUT2D eigenvalue weighted by molar-refractivity contribution is -0.275. The van der Waals surface area contributed by atoms with E-state index in [4.69, 9.17) is 11.6 Å². The summed E-state index contributed by atoms with van der Waals surface area (Å²) in [5.41, 5.74) is 5.82. The van der Waals surface area contributed by atoms with E-state index in [1.54, 1.807) is 24.3 Å². The Balaban J connectivity index is 1.42. The maximum Gasteiger partial charge on any atom is 0.573 e. The van der Waals surface area contributed by atoms with Gasteiger partial charge in [-0.25, -0.2) is 17.9 Å². The van der Waals surface area contributed by atoms with E-state index >= 15 is 0 Å². The number of alkyl halides is 3. The smallest absolute Gasteiger partial charge is 0.478 e. The number of aromatic nitrogens is 1. The van der Waals surface area contributed by atoms with Gasteiger partial charge in [-0.2, -0.15) is 0 Å². The highest BCUT2D eigenvalue weighted by atomic mass is 35.5. The van der Waals surface area contributed by atoms with Gasteiger partial charge in [0, 0.05) is 34.6 Å². The highest BCUT2D eigenvalue weighted by Gasteiger charge is 2.34. The van der Waals surface area contributed by atoms with Crippen molar-refractivity contribution in [1.82, 2.24) is 9.29 Å². The number of ether oxygens (including phenoxy) is 1. The Morgan fingerprint density at radius 1 is 0.808 bits per heavy atom. The normalized spacial score (nSPS) is 12.0. The van der Waals surface area contributed by atoms with Gasteiger partial charge in [-0.05, 0) is 84.0 Å². The first-order valence-electron chi connectivity index (χ1n) is 16.5. The summed E-state index contributed by atoms with van der Waals surface area (Å²) in [5.74, 6) is -1.82. The number of nitrogens with zero attached hydrogens (tertiary/aromatic N) is 1. The van der Waals surface area contributed by atoms with Crippen molar-refractivity contribution in [3.05, 3.63) is 166 Å². The van der Waals surface area contributed by atoms with Crippen molar-refractivity contribution in [2.45, 2.75) is 43.0 Å². The lowest BCUT2D eigenvalue weighted by Gasteiger charge is -2.25. The maximum atomic E-state index is 13.5.